The maximum Gasteiger partial charge on any atom is 0.329 e. The van der Waals surface area contributed by atoms with Gasteiger partial charge >= 0.3 is 5.69 Å². The van der Waals surface area contributed by atoms with Crippen molar-refractivity contribution in [3.63, 3.8) is 0 Å². The Morgan fingerprint density at radius 2 is 1.79 bits per heavy atom. The third kappa shape index (κ3) is 4.84. The van der Waals surface area contributed by atoms with Gasteiger partial charge < -0.3 is 14.4 Å². The third-order valence-electron chi connectivity index (χ3n) is 7.15. The molecule has 1 aromatic carbocycles. The summed E-state index contributed by atoms with van der Waals surface area (Å²) in [6.07, 6.45) is 5.94. The molecule has 4 rings (SSSR count). The first-order valence-electron chi connectivity index (χ1n) is 11.8. The number of carbonyl (C=O) groups excluding carboxylic acids is 2. The molecule has 1 atom stereocenters. The average Bonchev–Trinajstić information content (AvgIpc) is 3.07. The van der Waals surface area contributed by atoms with E-state index >= 15 is 0 Å². The molecule has 0 radical (unpaired) electrons. The maximum absolute atomic E-state index is 13.0. The molecule has 2 fully saturated rings. The van der Waals surface area contributed by atoms with E-state index in [-0.39, 0.29) is 24.3 Å². The number of hydrogen-bond acceptors (Lipinski definition) is 6. The van der Waals surface area contributed by atoms with Gasteiger partial charge in [0.05, 0.1) is 11.0 Å². The number of aromatic nitrogens is 2. The van der Waals surface area contributed by atoms with Crippen molar-refractivity contribution in [1.82, 2.24) is 14.5 Å². The molecule has 0 spiro atoms. The van der Waals surface area contributed by atoms with E-state index < -0.39 is 11.9 Å². The zero-order valence-electron chi connectivity index (χ0n) is 19.7. The Morgan fingerprint density at radius 3 is 2.45 bits per heavy atom. The van der Waals surface area contributed by atoms with Crippen molar-refractivity contribution >= 4 is 28.5 Å². The molecule has 0 aliphatic carbocycles. The Labute approximate surface area is 193 Å². The summed E-state index contributed by atoms with van der Waals surface area (Å²) in [5.74, 6) is 0.0130. The molecular formula is C24H34N4O5. The summed E-state index contributed by atoms with van der Waals surface area (Å²) in [5, 5.41) is 2.35. The van der Waals surface area contributed by atoms with Gasteiger partial charge in [-0.25, -0.2) is 4.79 Å². The molecule has 0 bridgehead atoms. The van der Waals surface area contributed by atoms with Crippen LogP contribution in [0, 0.1) is 5.92 Å². The number of piperidine rings is 2. The van der Waals surface area contributed by atoms with Crippen molar-refractivity contribution in [2.75, 3.05) is 32.2 Å². The van der Waals surface area contributed by atoms with Crippen LogP contribution in [-0.4, -0.2) is 54.5 Å². The minimum Gasteiger partial charge on any atom is -0.371 e. The summed E-state index contributed by atoms with van der Waals surface area (Å²) in [6, 6.07) is 5.35. The lowest BCUT2D eigenvalue weighted by atomic mass is 9.91. The van der Waals surface area contributed by atoms with Crippen molar-refractivity contribution in [3.05, 3.63) is 28.7 Å². The van der Waals surface area contributed by atoms with Crippen LogP contribution in [-0.2, 0) is 26.1 Å². The van der Waals surface area contributed by atoms with Crippen molar-refractivity contribution in [2.45, 2.75) is 57.3 Å². The molecule has 2 aliphatic rings. The number of imidazole rings is 1. The highest BCUT2D eigenvalue weighted by Crippen LogP contribution is 2.30. The number of carbonyl (C=O) groups is 2. The van der Waals surface area contributed by atoms with E-state index in [0.717, 1.165) is 55.5 Å². The number of imide groups is 1. The summed E-state index contributed by atoms with van der Waals surface area (Å²) >= 11 is 0. The smallest absolute Gasteiger partial charge is 0.329 e. The number of benzene rings is 1. The minimum atomic E-state index is -0.656. The van der Waals surface area contributed by atoms with Gasteiger partial charge in [-0.1, -0.05) is 6.42 Å². The van der Waals surface area contributed by atoms with Crippen molar-refractivity contribution in [2.24, 2.45) is 13.0 Å². The van der Waals surface area contributed by atoms with Crippen LogP contribution in [0.15, 0.2) is 23.0 Å². The molecule has 0 saturated carbocycles. The lowest BCUT2D eigenvalue weighted by Crippen LogP contribution is -2.44. The van der Waals surface area contributed by atoms with E-state index in [1.807, 2.05) is 18.2 Å². The van der Waals surface area contributed by atoms with E-state index in [9.17, 15) is 14.4 Å². The molecule has 1 aromatic heterocycles. The molecule has 9 nitrogen and oxygen atoms in total. The first kappa shape index (κ1) is 23.5. The number of nitrogens with zero attached hydrogens (tertiary/aromatic N) is 3. The van der Waals surface area contributed by atoms with Gasteiger partial charge in [-0.2, -0.15) is 0 Å². The second-order valence-electron chi connectivity index (χ2n) is 9.11. The summed E-state index contributed by atoms with van der Waals surface area (Å²) in [6.45, 7) is 1.96. The number of nitrogens with one attached hydrogen (secondary N) is 1. The van der Waals surface area contributed by atoms with Gasteiger partial charge in [0.25, 0.3) is 0 Å². The van der Waals surface area contributed by atoms with Crippen molar-refractivity contribution < 1.29 is 19.1 Å². The molecule has 2 aromatic rings. The Bertz CT molecular complexity index is 1060. The first-order chi connectivity index (χ1) is 15.9. The summed E-state index contributed by atoms with van der Waals surface area (Å²) in [7, 11) is 5.09. The largest absolute Gasteiger partial charge is 0.371 e. The number of rotatable bonds is 8. The van der Waals surface area contributed by atoms with E-state index in [1.165, 1.54) is 11.0 Å². The van der Waals surface area contributed by atoms with Crippen LogP contribution in [0.5, 0.6) is 0 Å². The Balaban J connectivity index is 1.44. The quantitative estimate of drug-likeness (QED) is 0.482. The molecule has 2 saturated heterocycles. The predicted molar refractivity (Wildman–Crippen MR) is 125 cm³/mol. The first-order valence-corrected chi connectivity index (χ1v) is 11.8. The lowest BCUT2D eigenvalue weighted by Gasteiger charge is -2.34. The number of hydrogen-bond donors (Lipinski definition) is 1. The maximum atomic E-state index is 13.0. The summed E-state index contributed by atoms with van der Waals surface area (Å²) in [5.41, 5.74) is 2.38. The highest BCUT2D eigenvalue weighted by Gasteiger charge is 2.31. The fourth-order valence-corrected chi connectivity index (χ4v) is 5.16. The van der Waals surface area contributed by atoms with Gasteiger partial charge in [-0.3, -0.25) is 24.0 Å². The summed E-state index contributed by atoms with van der Waals surface area (Å²) in [4.78, 5) is 39.2. The van der Waals surface area contributed by atoms with E-state index in [2.05, 4.69) is 10.2 Å². The number of ether oxygens (including phenoxy) is 2. The molecule has 1 unspecified atom stereocenters. The molecular weight excluding hydrogens is 424 g/mol. The second kappa shape index (κ2) is 10.1. The highest BCUT2D eigenvalue weighted by molar-refractivity contribution is 6.00. The van der Waals surface area contributed by atoms with Gasteiger partial charge in [-0.15, -0.1) is 0 Å². The zero-order chi connectivity index (χ0) is 23.5. The monoisotopic (exact) mass is 458 g/mol. The number of amides is 2. The standard InChI is InChI=1S/C24H34N4O5/c1-26-20-15-17(27-13-11-16(12-14-27)5-4-6-22(32-2)33-3)7-8-18(20)28(24(26)31)19-9-10-21(29)25-23(19)30/h7-8,15-16,19,22H,4-6,9-14H2,1-3H3,(H,25,29,30). The zero-order valence-corrected chi connectivity index (χ0v) is 19.7. The SMILES string of the molecule is COC(CCCC1CCN(c2ccc3c(c2)n(C)c(=O)n3C2CCC(=O)NC2=O)CC1)OC. The molecule has 9 heteroatoms. The second-order valence-corrected chi connectivity index (χ2v) is 9.11. The van der Waals surface area contributed by atoms with E-state index in [1.54, 1.807) is 25.8 Å². The molecule has 180 valence electrons. The number of aryl methyl sites for hydroxylation is 1. The molecule has 2 amide bonds. The molecule has 33 heavy (non-hydrogen) atoms. The fraction of sp³-hybridized carbons (Fsp3) is 0.625. The van der Waals surface area contributed by atoms with Gasteiger partial charge in [-0.05, 0) is 56.2 Å². The van der Waals surface area contributed by atoms with Crippen LogP contribution in [0.1, 0.15) is 51.0 Å². The number of anilines is 1. The van der Waals surface area contributed by atoms with Crippen molar-refractivity contribution in [3.8, 4) is 0 Å². The van der Waals surface area contributed by atoms with Gasteiger partial charge in [0, 0.05) is 46.5 Å². The Hall–Kier alpha value is -2.65. The van der Waals surface area contributed by atoms with Crippen LogP contribution in [0.2, 0.25) is 0 Å². The fourth-order valence-electron chi connectivity index (χ4n) is 5.16. The van der Waals surface area contributed by atoms with Gasteiger partial charge in [0.2, 0.25) is 11.8 Å². The molecule has 1 N–H and O–H groups in total. The van der Waals surface area contributed by atoms with Gasteiger partial charge in [0.15, 0.2) is 6.29 Å². The predicted octanol–water partition coefficient (Wildman–Crippen LogP) is 2.32. The van der Waals surface area contributed by atoms with Crippen LogP contribution < -0.4 is 15.9 Å². The van der Waals surface area contributed by atoms with Gasteiger partial charge in [0.1, 0.15) is 6.04 Å². The van der Waals surface area contributed by atoms with E-state index in [4.69, 9.17) is 9.47 Å². The number of methoxy groups -OCH3 is 2. The minimum absolute atomic E-state index is 0.115. The average molecular weight is 459 g/mol. The molecule has 2 aliphatic heterocycles. The van der Waals surface area contributed by atoms with Crippen LogP contribution in [0.4, 0.5) is 5.69 Å². The van der Waals surface area contributed by atoms with Crippen LogP contribution >= 0.6 is 0 Å². The molecule has 3 heterocycles. The van der Waals surface area contributed by atoms with Crippen LogP contribution in [0.3, 0.4) is 0 Å². The normalized spacial score (nSPS) is 20.1. The Morgan fingerprint density at radius 1 is 1.06 bits per heavy atom. The highest BCUT2D eigenvalue weighted by atomic mass is 16.7. The summed E-state index contributed by atoms with van der Waals surface area (Å²) < 4.78 is 13.7. The Kier molecular flexibility index (Phi) is 7.19. The number of fused-ring (bicyclic) bond motifs is 1. The lowest BCUT2D eigenvalue weighted by molar-refractivity contribution is -0.135. The third-order valence-corrected chi connectivity index (χ3v) is 7.15. The van der Waals surface area contributed by atoms with Crippen molar-refractivity contribution in [1.29, 1.82) is 0 Å². The van der Waals surface area contributed by atoms with Crippen LogP contribution in [0.25, 0.3) is 11.0 Å². The topological polar surface area (TPSA) is 94.8 Å². The van der Waals surface area contributed by atoms with E-state index in [0.29, 0.717) is 12.3 Å².